The average Bonchev–Trinajstić information content (AvgIpc) is 2.18. The van der Waals surface area contributed by atoms with Gasteiger partial charge in [-0.05, 0) is 30.9 Å². The zero-order valence-electron chi connectivity index (χ0n) is 7.79. The molecule has 1 heterocycles. The standard InChI is InChI=1S/C12H15N/c1-2-5-11-9-8-10-6-3-4-7-12(10)13-11/h2-4,6-7,11,13H,1,5,8-9H2/t11-/m0/s1. The molecule has 1 heteroatoms. The Morgan fingerprint density at radius 1 is 1.46 bits per heavy atom. The molecule has 1 aromatic carbocycles. The van der Waals surface area contributed by atoms with E-state index < -0.39 is 0 Å². The predicted octanol–water partition coefficient (Wildman–Crippen LogP) is 2.99. The lowest BCUT2D eigenvalue weighted by Crippen LogP contribution is -2.24. The normalized spacial score (nSPS) is 20.2. The first kappa shape index (κ1) is 8.36. The van der Waals surface area contributed by atoms with Gasteiger partial charge in [0.05, 0.1) is 0 Å². The van der Waals surface area contributed by atoms with Crippen molar-refractivity contribution in [3.8, 4) is 0 Å². The molecule has 1 aliphatic heterocycles. The van der Waals surface area contributed by atoms with Gasteiger partial charge in [-0.2, -0.15) is 0 Å². The second-order valence-corrected chi connectivity index (χ2v) is 3.56. The fourth-order valence-corrected chi connectivity index (χ4v) is 1.88. The molecule has 1 nitrogen and oxygen atoms in total. The molecular weight excluding hydrogens is 158 g/mol. The fraction of sp³-hybridized carbons (Fsp3) is 0.333. The summed E-state index contributed by atoms with van der Waals surface area (Å²) in [4.78, 5) is 0. The van der Waals surface area contributed by atoms with E-state index in [2.05, 4.69) is 36.2 Å². The highest BCUT2D eigenvalue weighted by atomic mass is 14.9. The number of nitrogens with one attached hydrogen (secondary N) is 1. The Balaban J connectivity index is 2.15. The quantitative estimate of drug-likeness (QED) is 0.678. The van der Waals surface area contributed by atoms with Crippen LogP contribution < -0.4 is 5.32 Å². The van der Waals surface area contributed by atoms with E-state index in [4.69, 9.17) is 0 Å². The number of hydrogen-bond acceptors (Lipinski definition) is 1. The summed E-state index contributed by atoms with van der Waals surface area (Å²) in [6.45, 7) is 3.77. The molecule has 0 unspecified atom stereocenters. The monoisotopic (exact) mass is 173 g/mol. The van der Waals surface area contributed by atoms with Crippen molar-refractivity contribution < 1.29 is 0 Å². The number of hydrogen-bond donors (Lipinski definition) is 1. The molecule has 0 saturated carbocycles. The van der Waals surface area contributed by atoms with Crippen LogP contribution in [0.3, 0.4) is 0 Å². The Morgan fingerprint density at radius 3 is 3.15 bits per heavy atom. The van der Waals surface area contributed by atoms with Crippen molar-refractivity contribution in [2.75, 3.05) is 5.32 Å². The lowest BCUT2D eigenvalue weighted by atomic mass is 9.96. The van der Waals surface area contributed by atoms with Gasteiger partial charge < -0.3 is 5.32 Å². The summed E-state index contributed by atoms with van der Waals surface area (Å²) in [6, 6.07) is 9.14. The first-order chi connectivity index (χ1) is 6.40. The van der Waals surface area contributed by atoms with E-state index in [-0.39, 0.29) is 0 Å². The molecular formula is C12H15N. The van der Waals surface area contributed by atoms with Crippen LogP contribution in [-0.4, -0.2) is 6.04 Å². The summed E-state index contributed by atoms with van der Waals surface area (Å²) in [5, 5.41) is 3.53. The summed E-state index contributed by atoms with van der Waals surface area (Å²) < 4.78 is 0. The number of aryl methyl sites for hydroxylation is 1. The molecule has 0 fully saturated rings. The van der Waals surface area contributed by atoms with Gasteiger partial charge in [-0.1, -0.05) is 24.3 Å². The van der Waals surface area contributed by atoms with E-state index in [1.165, 1.54) is 24.1 Å². The van der Waals surface area contributed by atoms with Gasteiger partial charge in [0.25, 0.3) is 0 Å². The highest BCUT2D eigenvalue weighted by Crippen LogP contribution is 2.25. The van der Waals surface area contributed by atoms with E-state index in [9.17, 15) is 0 Å². The topological polar surface area (TPSA) is 12.0 Å². The van der Waals surface area contributed by atoms with Crippen LogP contribution in [0.15, 0.2) is 36.9 Å². The second kappa shape index (κ2) is 3.65. The number of fused-ring (bicyclic) bond motifs is 1. The van der Waals surface area contributed by atoms with E-state index in [0.717, 1.165) is 6.42 Å². The average molecular weight is 173 g/mol. The van der Waals surface area contributed by atoms with Crippen molar-refractivity contribution in [3.63, 3.8) is 0 Å². The highest BCUT2D eigenvalue weighted by molar-refractivity contribution is 5.53. The minimum Gasteiger partial charge on any atom is -0.382 e. The van der Waals surface area contributed by atoms with E-state index in [0.29, 0.717) is 6.04 Å². The molecule has 0 aliphatic carbocycles. The Hall–Kier alpha value is -1.24. The molecule has 1 atom stereocenters. The van der Waals surface area contributed by atoms with Crippen LogP contribution in [0.2, 0.25) is 0 Å². The van der Waals surface area contributed by atoms with Gasteiger partial charge >= 0.3 is 0 Å². The summed E-state index contributed by atoms with van der Waals surface area (Å²) in [6.07, 6.45) is 5.48. The molecule has 13 heavy (non-hydrogen) atoms. The third-order valence-corrected chi connectivity index (χ3v) is 2.59. The van der Waals surface area contributed by atoms with Crippen molar-refractivity contribution in [2.45, 2.75) is 25.3 Å². The minimum absolute atomic E-state index is 0.590. The molecule has 0 radical (unpaired) electrons. The van der Waals surface area contributed by atoms with Crippen molar-refractivity contribution in [3.05, 3.63) is 42.5 Å². The summed E-state index contributed by atoms with van der Waals surface area (Å²) in [5.41, 5.74) is 2.75. The zero-order valence-corrected chi connectivity index (χ0v) is 7.79. The first-order valence-electron chi connectivity index (χ1n) is 4.85. The Labute approximate surface area is 79.5 Å². The first-order valence-corrected chi connectivity index (χ1v) is 4.85. The van der Waals surface area contributed by atoms with E-state index in [1.807, 2.05) is 6.08 Å². The summed E-state index contributed by atoms with van der Waals surface area (Å²) in [5.74, 6) is 0. The number of anilines is 1. The van der Waals surface area contributed by atoms with Crippen molar-refractivity contribution >= 4 is 5.69 Å². The van der Waals surface area contributed by atoms with Gasteiger partial charge in [-0.15, -0.1) is 6.58 Å². The summed E-state index contributed by atoms with van der Waals surface area (Å²) >= 11 is 0. The lowest BCUT2D eigenvalue weighted by Gasteiger charge is -2.26. The third kappa shape index (κ3) is 1.74. The van der Waals surface area contributed by atoms with Crippen LogP contribution in [0.4, 0.5) is 5.69 Å². The Bertz CT molecular complexity index is 304. The fourth-order valence-electron chi connectivity index (χ4n) is 1.88. The molecule has 1 N–H and O–H groups in total. The van der Waals surface area contributed by atoms with Crippen LogP contribution in [0.5, 0.6) is 0 Å². The molecule has 0 bridgehead atoms. The van der Waals surface area contributed by atoms with Crippen molar-refractivity contribution in [1.82, 2.24) is 0 Å². The van der Waals surface area contributed by atoms with Gasteiger partial charge in [0.1, 0.15) is 0 Å². The number of benzene rings is 1. The highest BCUT2D eigenvalue weighted by Gasteiger charge is 2.14. The molecule has 0 saturated heterocycles. The minimum atomic E-state index is 0.590. The maximum absolute atomic E-state index is 3.77. The SMILES string of the molecule is C=CC[C@H]1CCc2ccccc2N1. The van der Waals surface area contributed by atoms with Gasteiger partial charge in [0.2, 0.25) is 0 Å². The van der Waals surface area contributed by atoms with Gasteiger partial charge in [-0.3, -0.25) is 0 Å². The zero-order chi connectivity index (χ0) is 9.10. The molecule has 1 aliphatic rings. The molecule has 0 amide bonds. The lowest BCUT2D eigenvalue weighted by molar-refractivity contribution is 0.639. The van der Waals surface area contributed by atoms with Crippen LogP contribution >= 0.6 is 0 Å². The predicted molar refractivity (Wildman–Crippen MR) is 57.0 cm³/mol. The maximum atomic E-state index is 3.77. The van der Waals surface area contributed by atoms with Crippen molar-refractivity contribution in [2.24, 2.45) is 0 Å². The molecule has 0 aromatic heterocycles. The molecule has 0 spiro atoms. The van der Waals surface area contributed by atoms with E-state index in [1.54, 1.807) is 0 Å². The maximum Gasteiger partial charge on any atom is 0.0374 e. The van der Waals surface area contributed by atoms with Crippen molar-refractivity contribution in [1.29, 1.82) is 0 Å². The largest absolute Gasteiger partial charge is 0.382 e. The second-order valence-electron chi connectivity index (χ2n) is 3.56. The van der Waals surface area contributed by atoms with Crippen LogP contribution in [-0.2, 0) is 6.42 Å². The molecule has 1 aromatic rings. The van der Waals surface area contributed by atoms with E-state index >= 15 is 0 Å². The van der Waals surface area contributed by atoms with Crippen LogP contribution in [0, 0.1) is 0 Å². The molecule has 68 valence electrons. The van der Waals surface area contributed by atoms with Crippen LogP contribution in [0.25, 0.3) is 0 Å². The molecule has 2 rings (SSSR count). The van der Waals surface area contributed by atoms with Gasteiger partial charge in [-0.25, -0.2) is 0 Å². The van der Waals surface area contributed by atoms with Gasteiger partial charge in [0.15, 0.2) is 0 Å². The number of para-hydroxylation sites is 1. The number of rotatable bonds is 2. The smallest absolute Gasteiger partial charge is 0.0374 e. The Morgan fingerprint density at radius 2 is 2.31 bits per heavy atom. The summed E-state index contributed by atoms with van der Waals surface area (Å²) in [7, 11) is 0. The van der Waals surface area contributed by atoms with Crippen LogP contribution in [0.1, 0.15) is 18.4 Å². The Kier molecular flexibility index (Phi) is 2.35. The third-order valence-electron chi connectivity index (χ3n) is 2.59. The van der Waals surface area contributed by atoms with Gasteiger partial charge in [0, 0.05) is 11.7 Å².